The van der Waals surface area contributed by atoms with Gasteiger partial charge in [0.05, 0.1) is 0 Å². The van der Waals surface area contributed by atoms with E-state index >= 15 is 0 Å². The van der Waals surface area contributed by atoms with Gasteiger partial charge < -0.3 is 5.73 Å². The highest BCUT2D eigenvalue weighted by atomic mass is 14.7. The van der Waals surface area contributed by atoms with E-state index in [0.717, 1.165) is 11.8 Å². The summed E-state index contributed by atoms with van der Waals surface area (Å²) in [6.45, 7) is 0. The molecule has 0 heterocycles. The molecule has 14 heavy (non-hydrogen) atoms. The molecule has 1 aromatic rings. The van der Waals surface area contributed by atoms with Crippen LogP contribution in [-0.2, 0) is 6.42 Å². The van der Waals surface area contributed by atoms with E-state index in [0.29, 0.717) is 6.04 Å². The van der Waals surface area contributed by atoms with E-state index in [9.17, 15) is 0 Å². The van der Waals surface area contributed by atoms with Crippen LogP contribution in [0.25, 0.3) is 0 Å². The van der Waals surface area contributed by atoms with Crippen molar-refractivity contribution in [3.05, 3.63) is 35.4 Å². The predicted octanol–water partition coefficient (Wildman–Crippen LogP) is 2.45. The SMILES string of the molecule is NC(CC1Cc2ccccc21)C1CC1. The summed E-state index contributed by atoms with van der Waals surface area (Å²) < 4.78 is 0. The Labute approximate surface area is 85.3 Å². The van der Waals surface area contributed by atoms with Crippen LogP contribution in [0.15, 0.2) is 24.3 Å². The van der Waals surface area contributed by atoms with Gasteiger partial charge in [-0.1, -0.05) is 24.3 Å². The van der Waals surface area contributed by atoms with Crippen molar-refractivity contribution < 1.29 is 0 Å². The van der Waals surface area contributed by atoms with E-state index in [1.165, 1.54) is 25.7 Å². The van der Waals surface area contributed by atoms with Gasteiger partial charge in [0, 0.05) is 6.04 Å². The molecule has 2 atom stereocenters. The van der Waals surface area contributed by atoms with Gasteiger partial charge in [0.25, 0.3) is 0 Å². The second-order valence-corrected chi connectivity index (χ2v) is 4.84. The molecule has 1 fully saturated rings. The van der Waals surface area contributed by atoms with Crippen LogP contribution in [0.4, 0.5) is 0 Å². The molecule has 2 aliphatic carbocycles. The quantitative estimate of drug-likeness (QED) is 0.773. The summed E-state index contributed by atoms with van der Waals surface area (Å²) >= 11 is 0. The van der Waals surface area contributed by atoms with Crippen LogP contribution in [0.2, 0.25) is 0 Å². The summed E-state index contributed by atoms with van der Waals surface area (Å²) in [6, 6.07) is 9.26. The molecule has 0 spiro atoms. The van der Waals surface area contributed by atoms with Gasteiger partial charge in [0.2, 0.25) is 0 Å². The van der Waals surface area contributed by atoms with Crippen LogP contribution in [-0.4, -0.2) is 6.04 Å². The molecule has 0 aromatic heterocycles. The molecule has 1 heteroatoms. The summed E-state index contributed by atoms with van der Waals surface area (Å²) in [5.74, 6) is 1.62. The topological polar surface area (TPSA) is 26.0 Å². The van der Waals surface area contributed by atoms with Crippen molar-refractivity contribution >= 4 is 0 Å². The lowest BCUT2D eigenvalue weighted by Gasteiger charge is -2.32. The minimum absolute atomic E-state index is 0.466. The summed E-state index contributed by atoms with van der Waals surface area (Å²) in [6.07, 6.45) is 5.21. The summed E-state index contributed by atoms with van der Waals surface area (Å²) in [5.41, 5.74) is 9.25. The van der Waals surface area contributed by atoms with Gasteiger partial charge in [-0.2, -0.15) is 0 Å². The number of rotatable bonds is 3. The van der Waals surface area contributed by atoms with E-state index in [1.807, 2.05) is 0 Å². The Morgan fingerprint density at radius 1 is 1.29 bits per heavy atom. The summed E-state index contributed by atoms with van der Waals surface area (Å²) in [5, 5.41) is 0. The third-order valence-corrected chi connectivity index (χ3v) is 3.75. The molecule has 1 nitrogen and oxygen atoms in total. The molecule has 0 bridgehead atoms. The van der Waals surface area contributed by atoms with E-state index in [-0.39, 0.29) is 0 Å². The second-order valence-electron chi connectivity index (χ2n) is 4.84. The Balaban J connectivity index is 1.67. The van der Waals surface area contributed by atoms with Crippen molar-refractivity contribution in [2.45, 2.75) is 37.6 Å². The van der Waals surface area contributed by atoms with Crippen molar-refractivity contribution in [2.24, 2.45) is 11.7 Å². The monoisotopic (exact) mass is 187 g/mol. The summed E-state index contributed by atoms with van der Waals surface area (Å²) in [7, 11) is 0. The zero-order valence-corrected chi connectivity index (χ0v) is 8.45. The molecule has 2 aliphatic rings. The molecule has 0 aliphatic heterocycles. The van der Waals surface area contributed by atoms with E-state index < -0.39 is 0 Å². The lowest BCUT2D eigenvalue weighted by molar-refractivity contribution is 0.455. The highest BCUT2D eigenvalue weighted by molar-refractivity contribution is 5.39. The van der Waals surface area contributed by atoms with E-state index in [1.54, 1.807) is 11.1 Å². The van der Waals surface area contributed by atoms with Crippen molar-refractivity contribution in [3.8, 4) is 0 Å². The maximum absolute atomic E-state index is 6.15. The fraction of sp³-hybridized carbons (Fsp3) is 0.538. The maximum atomic E-state index is 6.15. The predicted molar refractivity (Wildman–Crippen MR) is 58.2 cm³/mol. The Bertz CT molecular complexity index is 341. The molecule has 0 saturated heterocycles. The Morgan fingerprint density at radius 2 is 2.07 bits per heavy atom. The lowest BCUT2D eigenvalue weighted by Crippen LogP contribution is -2.29. The Hall–Kier alpha value is -0.820. The molecule has 74 valence electrons. The Morgan fingerprint density at radius 3 is 2.79 bits per heavy atom. The van der Waals surface area contributed by atoms with Crippen molar-refractivity contribution in [1.82, 2.24) is 0 Å². The molecule has 2 N–H and O–H groups in total. The van der Waals surface area contributed by atoms with Gasteiger partial charge in [-0.05, 0) is 48.6 Å². The highest BCUT2D eigenvalue weighted by Crippen LogP contribution is 2.41. The smallest absolute Gasteiger partial charge is 0.00731 e. The zero-order chi connectivity index (χ0) is 9.54. The largest absolute Gasteiger partial charge is 0.327 e. The van der Waals surface area contributed by atoms with Gasteiger partial charge in [-0.3, -0.25) is 0 Å². The number of hydrogen-bond acceptors (Lipinski definition) is 1. The minimum atomic E-state index is 0.466. The van der Waals surface area contributed by atoms with Crippen LogP contribution >= 0.6 is 0 Å². The second kappa shape index (κ2) is 3.09. The van der Waals surface area contributed by atoms with Crippen LogP contribution in [0, 0.1) is 5.92 Å². The van der Waals surface area contributed by atoms with Gasteiger partial charge >= 0.3 is 0 Å². The van der Waals surface area contributed by atoms with Crippen molar-refractivity contribution in [1.29, 1.82) is 0 Å². The highest BCUT2D eigenvalue weighted by Gasteiger charge is 2.33. The first kappa shape index (κ1) is 8.49. The van der Waals surface area contributed by atoms with E-state index in [2.05, 4.69) is 24.3 Å². The van der Waals surface area contributed by atoms with Crippen LogP contribution in [0.3, 0.4) is 0 Å². The van der Waals surface area contributed by atoms with Gasteiger partial charge in [0.1, 0.15) is 0 Å². The Kier molecular flexibility index (Phi) is 1.88. The molecule has 0 amide bonds. The van der Waals surface area contributed by atoms with Crippen LogP contribution < -0.4 is 5.73 Å². The fourth-order valence-corrected chi connectivity index (χ4v) is 2.62. The van der Waals surface area contributed by atoms with Gasteiger partial charge in [0.15, 0.2) is 0 Å². The van der Waals surface area contributed by atoms with E-state index in [4.69, 9.17) is 5.73 Å². The average Bonchev–Trinajstić information content (AvgIpc) is 2.97. The van der Waals surface area contributed by atoms with Crippen molar-refractivity contribution in [3.63, 3.8) is 0 Å². The molecule has 0 radical (unpaired) electrons. The van der Waals surface area contributed by atoms with Gasteiger partial charge in [-0.25, -0.2) is 0 Å². The molecule has 2 unspecified atom stereocenters. The molecular weight excluding hydrogens is 170 g/mol. The number of benzene rings is 1. The number of nitrogens with two attached hydrogens (primary N) is 1. The number of fused-ring (bicyclic) bond motifs is 1. The minimum Gasteiger partial charge on any atom is -0.327 e. The summed E-state index contributed by atoms with van der Waals surface area (Å²) in [4.78, 5) is 0. The average molecular weight is 187 g/mol. The zero-order valence-electron chi connectivity index (χ0n) is 8.45. The normalized spacial score (nSPS) is 26.5. The fourth-order valence-electron chi connectivity index (χ4n) is 2.62. The maximum Gasteiger partial charge on any atom is 0.00731 e. The first-order valence-corrected chi connectivity index (χ1v) is 5.68. The molecule has 1 saturated carbocycles. The molecule has 3 rings (SSSR count). The van der Waals surface area contributed by atoms with Crippen LogP contribution in [0.5, 0.6) is 0 Å². The first-order valence-electron chi connectivity index (χ1n) is 5.68. The first-order chi connectivity index (χ1) is 6.84. The third kappa shape index (κ3) is 1.36. The molecular formula is C13H17N. The molecule has 1 aromatic carbocycles. The number of hydrogen-bond donors (Lipinski definition) is 1. The van der Waals surface area contributed by atoms with Gasteiger partial charge in [-0.15, -0.1) is 0 Å². The standard InChI is InChI=1S/C13H17N/c14-13(9-5-6-9)8-11-7-10-3-1-2-4-12(10)11/h1-4,9,11,13H,5-8,14H2. The third-order valence-electron chi connectivity index (χ3n) is 3.75. The van der Waals surface area contributed by atoms with Crippen molar-refractivity contribution in [2.75, 3.05) is 0 Å². The van der Waals surface area contributed by atoms with Crippen LogP contribution in [0.1, 0.15) is 36.3 Å². The lowest BCUT2D eigenvalue weighted by atomic mass is 9.74.